The lowest BCUT2D eigenvalue weighted by atomic mass is 10.1. The Morgan fingerprint density at radius 3 is 2.42 bits per heavy atom. The van der Waals surface area contributed by atoms with Gasteiger partial charge in [-0.3, -0.25) is 4.79 Å². The maximum atomic E-state index is 12.0. The Morgan fingerprint density at radius 1 is 1.12 bits per heavy atom. The van der Waals surface area contributed by atoms with E-state index in [1.165, 1.54) is 23.9 Å². The summed E-state index contributed by atoms with van der Waals surface area (Å²) in [4.78, 5) is 27.8. The van der Waals surface area contributed by atoms with Crippen molar-refractivity contribution in [2.75, 3.05) is 0 Å². The van der Waals surface area contributed by atoms with Gasteiger partial charge >= 0.3 is 5.97 Å². The minimum atomic E-state index is -0.977. The van der Waals surface area contributed by atoms with Crippen molar-refractivity contribution in [1.82, 2.24) is 5.32 Å². The van der Waals surface area contributed by atoms with Gasteiger partial charge < -0.3 is 10.4 Å². The number of carboxylic acid groups (broad SMARTS) is 1. The summed E-state index contributed by atoms with van der Waals surface area (Å²) in [6, 6.07) is 14.0. The van der Waals surface area contributed by atoms with E-state index in [-0.39, 0.29) is 11.5 Å². The molecule has 2 N–H and O–H groups in total. The summed E-state index contributed by atoms with van der Waals surface area (Å²) in [5.41, 5.74) is 2.89. The first-order chi connectivity index (χ1) is 11.5. The van der Waals surface area contributed by atoms with Crippen LogP contribution >= 0.6 is 11.8 Å². The third-order valence-corrected chi connectivity index (χ3v) is 4.28. The molecule has 0 bridgehead atoms. The number of hydrogen-bond acceptors (Lipinski definition) is 4. The number of rotatable bonds is 3. The molecule has 1 heterocycles. The molecule has 0 aliphatic carbocycles. The monoisotopic (exact) mass is 338 g/mol. The lowest BCUT2D eigenvalue weighted by Gasteiger charge is -1.97. The van der Waals surface area contributed by atoms with E-state index in [1.807, 2.05) is 31.2 Å². The van der Waals surface area contributed by atoms with Gasteiger partial charge in [0, 0.05) is 0 Å². The summed E-state index contributed by atoms with van der Waals surface area (Å²) in [7, 11) is 0. The van der Waals surface area contributed by atoms with Gasteiger partial charge in [0.25, 0.3) is 5.91 Å². The zero-order chi connectivity index (χ0) is 17.1. The number of aryl methyl sites for hydroxylation is 1. The van der Waals surface area contributed by atoms with Crippen molar-refractivity contribution in [2.24, 2.45) is 4.99 Å². The predicted molar refractivity (Wildman–Crippen MR) is 95.4 cm³/mol. The Hall–Kier alpha value is -2.86. The first-order valence-corrected chi connectivity index (χ1v) is 8.02. The normalized spacial score (nSPS) is 17.3. The zero-order valence-electron chi connectivity index (χ0n) is 12.8. The first-order valence-electron chi connectivity index (χ1n) is 7.21. The molecule has 24 heavy (non-hydrogen) atoms. The number of amides is 1. The van der Waals surface area contributed by atoms with Crippen molar-refractivity contribution in [3.8, 4) is 0 Å². The second-order valence-electron chi connectivity index (χ2n) is 5.24. The van der Waals surface area contributed by atoms with E-state index in [1.54, 1.807) is 18.2 Å². The number of aromatic carboxylic acids is 1. The number of hydrogen-bond donors (Lipinski definition) is 2. The van der Waals surface area contributed by atoms with Gasteiger partial charge in [-0.2, -0.15) is 0 Å². The molecule has 0 spiro atoms. The van der Waals surface area contributed by atoms with Gasteiger partial charge in [0.1, 0.15) is 0 Å². The average Bonchev–Trinajstić information content (AvgIpc) is 2.89. The van der Waals surface area contributed by atoms with Gasteiger partial charge in [0.2, 0.25) is 0 Å². The maximum absolute atomic E-state index is 12.0. The summed E-state index contributed by atoms with van der Waals surface area (Å²) < 4.78 is 0. The maximum Gasteiger partial charge on any atom is 0.335 e. The van der Waals surface area contributed by atoms with Crippen LogP contribution in [0.1, 0.15) is 21.5 Å². The van der Waals surface area contributed by atoms with Crippen LogP contribution in [0.25, 0.3) is 6.08 Å². The van der Waals surface area contributed by atoms with Gasteiger partial charge in [-0.25, -0.2) is 9.79 Å². The molecule has 5 nitrogen and oxygen atoms in total. The number of nitrogens with zero attached hydrogens (tertiary/aromatic N) is 1. The highest BCUT2D eigenvalue weighted by Crippen LogP contribution is 2.28. The molecule has 2 aromatic carbocycles. The molecule has 0 unspecified atom stereocenters. The molecule has 0 aromatic heterocycles. The number of nitrogens with one attached hydrogen (secondary N) is 1. The second kappa shape index (κ2) is 6.72. The van der Waals surface area contributed by atoms with Gasteiger partial charge in [-0.05, 0) is 54.6 Å². The third-order valence-electron chi connectivity index (χ3n) is 3.37. The number of carboxylic acids is 1. The lowest BCUT2D eigenvalue weighted by Crippen LogP contribution is -2.19. The van der Waals surface area contributed by atoms with Crippen LogP contribution < -0.4 is 5.32 Å². The molecule has 1 aliphatic heterocycles. The highest BCUT2D eigenvalue weighted by molar-refractivity contribution is 8.18. The highest BCUT2D eigenvalue weighted by Gasteiger charge is 2.23. The first kappa shape index (κ1) is 16.0. The van der Waals surface area contributed by atoms with Gasteiger partial charge in [-0.15, -0.1) is 0 Å². The number of aliphatic imine (C=N–C) groups is 1. The number of carbonyl (C=O) groups is 2. The molecule has 1 aliphatic rings. The zero-order valence-corrected chi connectivity index (χ0v) is 13.6. The Kier molecular flexibility index (Phi) is 4.48. The highest BCUT2D eigenvalue weighted by atomic mass is 32.2. The fourth-order valence-electron chi connectivity index (χ4n) is 2.09. The summed E-state index contributed by atoms with van der Waals surface area (Å²) in [6.45, 7) is 2.00. The molecule has 2 aromatic rings. The fourth-order valence-corrected chi connectivity index (χ4v) is 2.93. The molecule has 3 rings (SSSR count). The van der Waals surface area contributed by atoms with E-state index in [0.29, 0.717) is 10.1 Å². The average molecular weight is 338 g/mol. The van der Waals surface area contributed by atoms with Crippen molar-refractivity contribution in [3.63, 3.8) is 0 Å². The minimum Gasteiger partial charge on any atom is -0.478 e. The smallest absolute Gasteiger partial charge is 0.335 e. The number of carbonyl (C=O) groups excluding carboxylic acids is 1. The largest absolute Gasteiger partial charge is 0.478 e. The van der Waals surface area contributed by atoms with Crippen LogP contribution in [0, 0.1) is 6.92 Å². The molecule has 6 heteroatoms. The van der Waals surface area contributed by atoms with Crippen LogP contribution in [0.3, 0.4) is 0 Å². The summed E-state index contributed by atoms with van der Waals surface area (Å²) in [6.07, 6.45) is 1.71. The predicted octanol–water partition coefficient (Wildman–Crippen LogP) is 3.58. The van der Waals surface area contributed by atoms with Crippen LogP contribution in [-0.4, -0.2) is 22.2 Å². The Labute approximate surface area is 143 Å². The standard InChI is InChI=1S/C18H14N2O3S/c1-11-2-8-14(9-3-11)19-18-20-16(21)15(24-18)10-12-4-6-13(7-5-12)17(22)23/h2-10H,1H3,(H,22,23)(H,19,20,21). The van der Waals surface area contributed by atoms with E-state index in [0.717, 1.165) is 16.8 Å². The molecule has 1 amide bonds. The quantitative estimate of drug-likeness (QED) is 0.838. The SMILES string of the molecule is Cc1ccc(N=C2NC(=O)C(=Cc3ccc(C(=O)O)cc3)S2)cc1. The lowest BCUT2D eigenvalue weighted by molar-refractivity contribution is -0.115. The Morgan fingerprint density at radius 2 is 1.79 bits per heavy atom. The molecular weight excluding hydrogens is 324 g/mol. The van der Waals surface area contributed by atoms with Gasteiger partial charge in [0.15, 0.2) is 5.17 Å². The summed E-state index contributed by atoms with van der Waals surface area (Å²) in [5, 5.41) is 12.1. The molecule has 0 atom stereocenters. The second-order valence-corrected chi connectivity index (χ2v) is 6.28. The Bertz CT molecular complexity index is 853. The van der Waals surface area contributed by atoms with Gasteiger partial charge in [0.05, 0.1) is 16.2 Å². The summed E-state index contributed by atoms with van der Waals surface area (Å²) in [5.74, 6) is -1.19. The van der Waals surface area contributed by atoms with Crippen molar-refractivity contribution >= 4 is 40.6 Å². The van der Waals surface area contributed by atoms with Gasteiger partial charge in [-0.1, -0.05) is 29.8 Å². The van der Waals surface area contributed by atoms with E-state index >= 15 is 0 Å². The van der Waals surface area contributed by atoms with Crippen LogP contribution in [0.4, 0.5) is 5.69 Å². The van der Waals surface area contributed by atoms with Crippen LogP contribution in [-0.2, 0) is 4.79 Å². The molecule has 1 saturated heterocycles. The molecular formula is C18H14N2O3S. The van der Waals surface area contributed by atoms with Crippen molar-refractivity contribution in [1.29, 1.82) is 0 Å². The van der Waals surface area contributed by atoms with E-state index < -0.39 is 5.97 Å². The Balaban J connectivity index is 1.79. The van der Waals surface area contributed by atoms with Crippen LogP contribution in [0.2, 0.25) is 0 Å². The number of thioether (sulfide) groups is 1. The van der Waals surface area contributed by atoms with Crippen molar-refractivity contribution in [3.05, 3.63) is 70.1 Å². The van der Waals surface area contributed by atoms with Crippen LogP contribution in [0.15, 0.2) is 58.4 Å². The number of amidine groups is 1. The molecule has 1 fully saturated rings. The minimum absolute atomic E-state index is 0.210. The molecule has 120 valence electrons. The van der Waals surface area contributed by atoms with E-state index in [4.69, 9.17) is 5.11 Å². The van der Waals surface area contributed by atoms with E-state index in [2.05, 4.69) is 10.3 Å². The fraction of sp³-hybridized carbons (Fsp3) is 0.0556. The van der Waals surface area contributed by atoms with Crippen molar-refractivity contribution in [2.45, 2.75) is 6.92 Å². The topological polar surface area (TPSA) is 78.8 Å². The van der Waals surface area contributed by atoms with Crippen LogP contribution in [0.5, 0.6) is 0 Å². The molecule has 0 radical (unpaired) electrons. The van der Waals surface area contributed by atoms with E-state index in [9.17, 15) is 9.59 Å². The molecule has 0 saturated carbocycles. The number of benzene rings is 2. The third kappa shape index (κ3) is 3.72. The summed E-state index contributed by atoms with van der Waals surface area (Å²) >= 11 is 1.26. The van der Waals surface area contributed by atoms with Crippen molar-refractivity contribution < 1.29 is 14.7 Å².